The lowest BCUT2D eigenvalue weighted by Crippen LogP contribution is -2.38. The summed E-state index contributed by atoms with van der Waals surface area (Å²) in [5.41, 5.74) is 3.16. The van der Waals surface area contributed by atoms with Crippen molar-refractivity contribution < 1.29 is 29.3 Å². The number of nitrogens with one attached hydrogen (secondary N) is 1. The molecule has 3 N–H and O–H groups in total. The lowest BCUT2D eigenvalue weighted by Gasteiger charge is -2.32. The van der Waals surface area contributed by atoms with Gasteiger partial charge in [-0.1, -0.05) is 48.5 Å². The van der Waals surface area contributed by atoms with E-state index in [2.05, 4.69) is 51.2 Å². The van der Waals surface area contributed by atoms with Gasteiger partial charge in [0.15, 0.2) is 0 Å². The van der Waals surface area contributed by atoms with Crippen molar-refractivity contribution in [1.29, 1.82) is 0 Å². The van der Waals surface area contributed by atoms with Crippen LogP contribution in [0.3, 0.4) is 0 Å². The number of rotatable bonds is 5. The Bertz CT molecular complexity index is 1200. The van der Waals surface area contributed by atoms with Crippen molar-refractivity contribution in [2.24, 2.45) is 5.92 Å². The molecule has 190 valence electrons. The van der Waals surface area contributed by atoms with E-state index in [4.69, 9.17) is 24.5 Å². The molecule has 1 fully saturated rings. The van der Waals surface area contributed by atoms with Crippen LogP contribution >= 0.6 is 0 Å². The summed E-state index contributed by atoms with van der Waals surface area (Å²) in [5, 5.41) is 19.0. The molecule has 0 atom stereocenters. The standard InChI is InChI=1S/C25H29N3O2.C2H2O4/c29-24(23-21-9-4-5-10-22(21)28-13-6-16-30-25(23)28)26-17-19-11-14-27(15-12-19)18-20-7-2-1-3-8-20;3-1(4)2(5)6/h1-5,7-10,19H,6,11-18H2,(H,26,29);(H,3,4)(H,5,6). The molecule has 9 heteroatoms. The second-order valence-corrected chi connectivity index (χ2v) is 9.08. The Hall–Kier alpha value is -3.85. The van der Waals surface area contributed by atoms with E-state index < -0.39 is 11.9 Å². The van der Waals surface area contributed by atoms with E-state index in [1.807, 2.05) is 18.2 Å². The van der Waals surface area contributed by atoms with E-state index in [0.717, 1.165) is 68.8 Å². The Morgan fingerprint density at radius 3 is 2.28 bits per heavy atom. The minimum absolute atomic E-state index is 0.00596. The highest BCUT2D eigenvalue weighted by atomic mass is 16.5. The van der Waals surface area contributed by atoms with Crippen molar-refractivity contribution in [1.82, 2.24) is 14.8 Å². The molecular formula is C27H31N3O6. The van der Waals surface area contributed by atoms with Crippen LogP contribution in [0, 0.1) is 5.92 Å². The van der Waals surface area contributed by atoms with Gasteiger partial charge < -0.3 is 24.8 Å². The number of piperidine rings is 1. The van der Waals surface area contributed by atoms with Crippen LogP contribution in [0.5, 0.6) is 5.88 Å². The number of likely N-dealkylation sites (tertiary alicyclic amines) is 1. The Kier molecular flexibility index (Phi) is 8.22. The lowest BCUT2D eigenvalue weighted by molar-refractivity contribution is -0.159. The van der Waals surface area contributed by atoms with Gasteiger partial charge in [0.05, 0.1) is 12.1 Å². The summed E-state index contributed by atoms with van der Waals surface area (Å²) in [7, 11) is 0. The number of carbonyl (C=O) groups is 3. The molecule has 0 saturated carbocycles. The first-order valence-electron chi connectivity index (χ1n) is 12.2. The number of hydrogen-bond donors (Lipinski definition) is 3. The van der Waals surface area contributed by atoms with Gasteiger partial charge in [-0.3, -0.25) is 9.69 Å². The van der Waals surface area contributed by atoms with Crippen LogP contribution in [-0.4, -0.2) is 63.8 Å². The topological polar surface area (TPSA) is 121 Å². The highest BCUT2D eigenvalue weighted by Crippen LogP contribution is 2.34. The summed E-state index contributed by atoms with van der Waals surface area (Å²) in [6, 6.07) is 18.8. The second kappa shape index (κ2) is 11.7. The molecular weight excluding hydrogens is 462 g/mol. The van der Waals surface area contributed by atoms with Gasteiger partial charge >= 0.3 is 11.9 Å². The smallest absolute Gasteiger partial charge is 0.414 e. The maximum Gasteiger partial charge on any atom is 0.414 e. The monoisotopic (exact) mass is 493 g/mol. The van der Waals surface area contributed by atoms with E-state index in [9.17, 15) is 4.79 Å². The van der Waals surface area contributed by atoms with Crippen molar-refractivity contribution in [3.63, 3.8) is 0 Å². The van der Waals surface area contributed by atoms with Crippen molar-refractivity contribution in [2.75, 3.05) is 26.2 Å². The maximum absolute atomic E-state index is 13.1. The van der Waals surface area contributed by atoms with Crippen molar-refractivity contribution in [3.05, 3.63) is 65.7 Å². The number of carboxylic acids is 2. The van der Waals surface area contributed by atoms with Gasteiger partial charge in [0.1, 0.15) is 5.56 Å². The summed E-state index contributed by atoms with van der Waals surface area (Å²) in [5.74, 6) is -2.39. The Morgan fingerprint density at radius 1 is 0.917 bits per heavy atom. The molecule has 0 unspecified atom stereocenters. The normalized spacial score (nSPS) is 15.8. The first-order chi connectivity index (χ1) is 17.4. The summed E-state index contributed by atoms with van der Waals surface area (Å²) >= 11 is 0. The molecule has 5 rings (SSSR count). The number of aliphatic carboxylic acids is 2. The molecule has 0 aliphatic carbocycles. The number of carboxylic acid groups (broad SMARTS) is 2. The van der Waals surface area contributed by atoms with Gasteiger partial charge in [-0.2, -0.15) is 0 Å². The minimum Gasteiger partial charge on any atom is -0.478 e. The number of para-hydroxylation sites is 1. The number of ether oxygens (including phenoxy) is 1. The molecule has 1 amide bonds. The highest BCUT2D eigenvalue weighted by molar-refractivity contribution is 6.27. The lowest BCUT2D eigenvalue weighted by atomic mass is 9.96. The highest BCUT2D eigenvalue weighted by Gasteiger charge is 2.27. The predicted molar refractivity (Wildman–Crippen MR) is 134 cm³/mol. The van der Waals surface area contributed by atoms with Crippen LogP contribution in [0.1, 0.15) is 35.2 Å². The quantitative estimate of drug-likeness (QED) is 0.467. The molecule has 3 heterocycles. The van der Waals surface area contributed by atoms with E-state index in [-0.39, 0.29) is 5.91 Å². The molecule has 9 nitrogen and oxygen atoms in total. The molecule has 1 aromatic heterocycles. The molecule has 2 aliphatic rings. The predicted octanol–water partition coefficient (Wildman–Crippen LogP) is 3.22. The number of aromatic nitrogens is 1. The molecule has 2 aliphatic heterocycles. The number of benzene rings is 2. The van der Waals surface area contributed by atoms with E-state index in [1.54, 1.807) is 0 Å². The van der Waals surface area contributed by atoms with Crippen molar-refractivity contribution in [3.8, 4) is 5.88 Å². The van der Waals surface area contributed by atoms with E-state index >= 15 is 0 Å². The average Bonchev–Trinajstić information content (AvgIpc) is 3.24. The number of nitrogens with zero attached hydrogens (tertiary/aromatic N) is 2. The fourth-order valence-electron chi connectivity index (χ4n) is 4.78. The Balaban J connectivity index is 0.000000455. The molecule has 3 aromatic rings. The van der Waals surface area contributed by atoms with Crippen LogP contribution in [0.15, 0.2) is 54.6 Å². The third kappa shape index (κ3) is 6.04. The fraction of sp³-hybridized carbons (Fsp3) is 0.370. The maximum atomic E-state index is 13.1. The van der Waals surface area contributed by atoms with Crippen LogP contribution in [0.25, 0.3) is 10.9 Å². The Labute approximate surface area is 209 Å². The molecule has 2 aromatic carbocycles. The van der Waals surface area contributed by atoms with Crippen molar-refractivity contribution >= 4 is 28.7 Å². The van der Waals surface area contributed by atoms with Gasteiger partial charge in [-0.15, -0.1) is 0 Å². The molecule has 0 bridgehead atoms. The summed E-state index contributed by atoms with van der Waals surface area (Å²) < 4.78 is 8.07. The zero-order chi connectivity index (χ0) is 25.5. The van der Waals surface area contributed by atoms with E-state index in [0.29, 0.717) is 18.1 Å². The summed E-state index contributed by atoms with van der Waals surface area (Å²) in [6.45, 7) is 5.50. The third-order valence-electron chi connectivity index (χ3n) is 6.61. The van der Waals surface area contributed by atoms with Gasteiger partial charge in [0.2, 0.25) is 5.88 Å². The number of amides is 1. The minimum atomic E-state index is -1.82. The molecule has 36 heavy (non-hydrogen) atoms. The summed E-state index contributed by atoms with van der Waals surface area (Å²) in [4.78, 5) is 33.8. The zero-order valence-corrected chi connectivity index (χ0v) is 20.1. The SMILES string of the molecule is O=C(NCC1CCN(Cc2ccccc2)CC1)c1c2n(c3ccccc13)CCCO2.O=C(O)C(=O)O. The van der Waals surface area contributed by atoms with Crippen LogP contribution in [0.2, 0.25) is 0 Å². The van der Waals surface area contributed by atoms with Gasteiger partial charge in [0.25, 0.3) is 5.91 Å². The number of hydrogen-bond acceptors (Lipinski definition) is 5. The van der Waals surface area contributed by atoms with Crippen LogP contribution in [-0.2, 0) is 22.7 Å². The van der Waals surface area contributed by atoms with Gasteiger partial charge in [0, 0.05) is 25.0 Å². The van der Waals surface area contributed by atoms with Crippen LogP contribution in [0.4, 0.5) is 0 Å². The van der Waals surface area contributed by atoms with Crippen LogP contribution < -0.4 is 10.1 Å². The largest absolute Gasteiger partial charge is 0.478 e. The number of aryl methyl sites for hydroxylation is 1. The Morgan fingerprint density at radius 2 is 1.58 bits per heavy atom. The fourth-order valence-corrected chi connectivity index (χ4v) is 4.78. The second-order valence-electron chi connectivity index (χ2n) is 9.08. The van der Waals surface area contributed by atoms with Gasteiger partial charge in [-0.05, 0) is 49.9 Å². The number of carbonyl (C=O) groups excluding carboxylic acids is 1. The van der Waals surface area contributed by atoms with E-state index in [1.165, 1.54) is 5.56 Å². The molecule has 1 saturated heterocycles. The van der Waals surface area contributed by atoms with Gasteiger partial charge in [-0.25, -0.2) is 9.59 Å². The zero-order valence-electron chi connectivity index (χ0n) is 20.1. The number of fused-ring (bicyclic) bond motifs is 3. The average molecular weight is 494 g/mol. The summed E-state index contributed by atoms with van der Waals surface area (Å²) in [6.07, 6.45) is 3.23. The molecule has 0 spiro atoms. The first kappa shape index (κ1) is 25.2. The molecule has 0 radical (unpaired) electrons. The first-order valence-corrected chi connectivity index (χ1v) is 12.2. The van der Waals surface area contributed by atoms with Crippen molar-refractivity contribution in [2.45, 2.75) is 32.4 Å². The third-order valence-corrected chi connectivity index (χ3v) is 6.61.